The molecule has 0 aliphatic rings. The molecule has 1 heterocycles. The minimum Gasteiger partial charge on any atom is -0.368 e. The quantitative estimate of drug-likeness (QED) is 0.575. The van der Waals surface area contributed by atoms with Crippen molar-refractivity contribution in [3.05, 3.63) is 83.5 Å². The Balaban J connectivity index is 1.73. The van der Waals surface area contributed by atoms with Gasteiger partial charge in [-0.2, -0.15) is 0 Å². The first-order valence-corrected chi connectivity index (χ1v) is 9.73. The monoisotopic (exact) mass is 393 g/mol. The molecule has 0 fully saturated rings. The van der Waals surface area contributed by atoms with E-state index in [0.717, 1.165) is 16.9 Å². The van der Waals surface area contributed by atoms with Gasteiger partial charge in [0.25, 0.3) is 5.91 Å². The van der Waals surface area contributed by atoms with Crippen LogP contribution in [-0.4, -0.2) is 23.5 Å². The van der Waals surface area contributed by atoms with Crippen LogP contribution in [0.25, 0.3) is 11.1 Å². The first kappa shape index (κ1) is 19.9. The van der Waals surface area contributed by atoms with Crippen molar-refractivity contribution < 1.29 is 4.79 Å². The van der Waals surface area contributed by atoms with E-state index in [-0.39, 0.29) is 17.9 Å². The second kappa shape index (κ2) is 9.38. The van der Waals surface area contributed by atoms with Crippen molar-refractivity contribution in [3.8, 4) is 11.1 Å². The van der Waals surface area contributed by atoms with E-state index in [1.165, 1.54) is 0 Å². The molecule has 5 heteroatoms. The predicted molar refractivity (Wildman–Crippen MR) is 116 cm³/mol. The fourth-order valence-electron chi connectivity index (χ4n) is 2.95. The zero-order chi connectivity index (χ0) is 19.9. The molecule has 2 aromatic carbocycles. The third kappa shape index (κ3) is 5.11. The van der Waals surface area contributed by atoms with Crippen molar-refractivity contribution >= 4 is 23.3 Å². The van der Waals surface area contributed by atoms with Crippen LogP contribution in [0.1, 0.15) is 24.2 Å². The number of carbonyl (C=O) groups excluding carboxylic acids is 1. The first-order valence-electron chi connectivity index (χ1n) is 9.35. The number of carbonyl (C=O) groups is 1. The Morgan fingerprint density at radius 1 is 1.00 bits per heavy atom. The number of hydrogen-bond acceptors (Lipinski definition) is 3. The van der Waals surface area contributed by atoms with E-state index >= 15 is 0 Å². The van der Waals surface area contributed by atoms with E-state index in [1.807, 2.05) is 60.7 Å². The van der Waals surface area contributed by atoms with Gasteiger partial charge in [0, 0.05) is 24.3 Å². The van der Waals surface area contributed by atoms with E-state index in [2.05, 4.69) is 29.5 Å². The maximum Gasteiger partial charge on any atom is 0.252 e. The molecule has 0 radical (unpaired) electrons. The number of amides is 1. The number of pyridine rings is 1. The summed E-state index contributed by atoms with van der Waals surface area (Å²) in [4.78, 5) is 17.3. The van der Waals surface area contributed by atoms with Crippen LogP contribution in [0, 0.1) is 5.92 Å². The highest BCUT2D eigenvalue weighted by Crippen LogP contribution is 2.23. The molecule has 1 aromatic heterocycles. The summed E-state index contributed by atoms with van der Waals surface area (Å²) in [5, 5.41) is 7.04. The molecular formula is C23H24ClN3O. The lowest BCUT2D eigenvalue weighted by molar-refractivity contribution is 0.0929. The smallest absolute Gasteiger partial charge is 0.252 e. The van der Waals surface area contributed by atoms with Crippen molar-refractivity contribution in [2.75, 3.05) is 11.9 Å². The Bertz CT molecular complexity index is 911. The van der Waals surface area contributed by atoms with Gasteiger partial charge < -0.3 is 10.6 Å². The molecule has 0 saturated heterocycles. The molecule has 0 bridgehead atoms. The van der Waals surface area contributed by atoms with E-state index in [9.17, 15) is 4.79 Å². The number of anilines is 1. The summed E-state index contributed by atoms with van der Waals surface area (Å²) in [6.07, 6.45) is 1.60. The van der Waals surface area contributed by atoms with E-state index in [1.54, 1.807) is 12.3 Å². The highest BCUT2D eigenvalue weighted by Gasteiger charge is 2.19. The Hall–Kier alpha value is -2.85. The molecule has 0 aliphatic heterocycles. The summed E-state index contributed by atoms with van der Waals surface area (Å²) in [5.41, 5.74) is 2.62. The average Bonchev–Trinajstić information content (AvgIpc) is 2.72. The molecular weight excluding hydrogens is 370 g/mol. The number of nitrogens with one attached hydrogen (secondary N) is 2. The SMILES string of the molecule is CC(C)C(CNc1ccc(Cl)cn1)NC(=O)c1ccccc1-c1ccccc1. The van der Waals surface area contributed by atoms with Gasteiger partial charge in [0.05, 0.1) is 5.02 Å². The Kier molecular flexibility index (Phi) is 6.66. The number of aromatic nitrogens is 1. The van der Waals surface area contributed by atoms with Crippen LogP contribution < -0.4 is 10.6 Å². The maximum atomic E-state index is 13.0. The summed E-state index contributed by atoms with van der Waals surface area (Å²) < 4.78 is 0. The van der Waals surface area contributed by atoms with E-state index in [4.69, 9.17) is 11.6 Å². The third-order valence-electron chi connectivity index (χ3n) is 4.61. The number of nitrogens with zero attached hydrogens (tertiary/aromatic N) is 1. The van der Waals surface area contributed by atoms with Crippen LogP contribution in [-0.2, 0) is 0 Å². The summed E-state index contributed by atoms with van der Waals surface area (Å²) in [6, 6.07) is 21.2. The minimum absolute atomic E-state index is 0.0474. The molecule has 28 heavy (non-hydrogen) atoms. The van der Waals surface area contributed by atoms with Crippen molar-refractivity contribution in [2.24, 2.45) is 5.92 Å². The summed E-state index contributed by atoms with van der Waals surface area (Å²) in [7, 11) is 0. The fourth-order valence-corrected chi connectivity index (χ4v) is 3.06. The van der Waals surface area contributed by atoms with Gasteiger partial charge in [-0.3, -0.25) is 4.79 Å². The van der Waals surface area contributed by atoms with Crippen LogP contribution in [0.2, 0.25) is 5.02 Å². The highest BCUT2D eigenvalue weighted by atomic mass is 35.5. The lowest BCUT2D eigenvalue weighted by Gasteiger charge is -2.24. The van der Waals surface area contributed by atoms with Gasteiger partial charge in [-0.05, 0) is 35.2 Å². The third-order valence-corrected chi connectivity index (χ3v) is 4.83. The van der Waals surface area contributed by atoms with Gasteiger partial charge >= 0.3 is 0 Å². The van der Waals surface area contributed by atoms with E-state index in [0.29, 0.717) is 17.1 Å². The van der Waals surface area contributed by atoms with Crippen molar-refractivity contribution in [1.29, 1.82) is 0 Å². The van der Waals surface area contributed by atoms with Gasteiger partial charge in [0.15, 0.2) is 0 Å². The number of benzene rings is 2. The van der Waals surface area contributed by atoms with Crippen LogP contribution >= 0.6 is 11.6 Å². The van der Waals surface area contributed by atoms with Crippen LogP contribution in [0.15, 0.2) is 72.9 Å². The number of halogens is 1. The summed E-state index contributed by atoms with van der Waals surface area (Å²) in [6.45, 7) is 4.75. The summed E-state index contributed by atoms with van der Waals surface area (Å²) >= 11 is 5.88. The van der Waals surface area contributed by atoms with Gasteiger partial charge in [-0.1, -0.05) is 74.0 Å². The van der Waals surface area contributed by atoms with Crippen LogP contribution in [0.5, 0.6) is 0 Å². The molecule has 144 valence electrons. The zero-order valence-corrected chi connectivity index (χ0v) is 16.8. The van der Waals surface area contributed by atoms with Crippen molar-refractivity contribution in [3.63, 3.8) is 0 Å². The Morgan fingerprint density at radius 3 is 2.39 bits per heavy atom. The Morgan fingerprint density at radius 2 is 1.71 bits per heavy atom. The molecule has 0 spiro atoms. The maximum absolute atomic E-state index is 13.0. The lowest BCUT2D eigenvalue weighted by Crippen LogP contribution is -2.43. The molecule has 0 aliphatic carbocycles. The second-order valence-electron chi connectivity index (χ2n) is 6.98. The van der Waals surface area contributed by atoms with Gasteiger partial charge in [-0.25, -0.2) is 4.98 Å². The summed E-state index contributed by atoms with van der Waals surface area (Å²) in [5.74, 6) is 0.908. The lowest BCUT2D eigenvalue weighted by atomic mass is 9.98. The average molecular weight is 394 g/mol. The van der Waals surface area contributed by atoms with Crippen molar-refractivity contribution in [2.45, 2.75) is 19.9 Å². The molecule has 1 amide bonds. The predicted octanol–water partition coefficient (Wildman–Crippen LogP) is 5.27. The molecule has 3 rings (SSSR count). The number of hydrogen-bond donors (Lipinski definition) is 2. The molecule has 1 atom stereocenters. The van der Waals surface area contributed by atoms with Gasteiger partial charge in [0.2, 0.25) is 0 Å². The van der Waals surface area contributed by atoms with Crippen LogP contribution in [0.4, 0.5) is 5.82 Å². The topological polar surface area (TPSA) is 54.0 Å². The number of rotatable bonds is 7. The first-order chi connectivity index (χ1) is 13.5. The highest BCUT2D eigenvalue weighted by molar-refractivity contribution is 6.30. The van der Waals surface area contributed by atoms with Crippen LogP contribution in [0.3, 0.4) is 0 Å². The molecule has 3 aromatic rings. The minimum atomic E-state index is -0.0796. The zero-order valence-electron chi connectivity index (χ0n) is 16.0. The normalized spacial score (nSPS) is 11.9. The molecule has 2 N–H and O–H groups in total. The molecule has 4 nitrogen and oxygen atoms in total. The second-order valence-corrected chi connectivity index (χ2v) is 7.41. The molecule has 1 unspecified atom stereocenters. The fraction of sp³-hybridized carbons (Fsp3) is 0.217. The Labute approximate surface area is 171 Å². The standard InChI is InChI=1S/C23H24ClN3O/c1-16(2)21(15-26-22-13-12-18(24)14-25-22)27-23(28)20-11-7-6-10-19(20)17-8-4-3-5-9-17/h3-14,16,21H,15H2,1-2H3,(H,25,26)(H,27,28). The largest absolute Gasteiger partial charge is 0.368 e. The molecule has 0 saturated carbocycles. The van der Waals surface area contributed by atoms with Crippen molar-refractivity contribution in [1.82, 2.24) is 10.3 Å². The van der Waals surface area contributed by atoms with E-state index < -0.39 is 0 Å². The van der Waals surface area contributed by atoms with Gasteiger partial charge in [0.1, 0.15) is 5.82 Å². The van der Waals surface area contributed by atoms with Gasteiger partial charge in [-0.15, -0.1) is 0 Å².